The van der Waals surface area contributed by atoms with Crippen molar-refractivity contribution >= 4 is 30.1 Å². The number of fused-ring (bicyclic) bond motifs is 3. The van der Waals surface area contributed by atoms with E-state index in [9.17, 15) is 0 Å². The molecule has 8 rings (SSSR count). The van der Waals surface area contributed by atoms with Crippen LogP contribution in [0.25, 0.3) is 27.7 Å². The number of para-hydroxylation sites is 1. The number of hydrogen-bond acceptors (Lipinski definition) is 0. The molecule has 2 unspecified atom stereocenters. The van der Waals surface area contributed by atoms with Crippen molar-refractivity contribution in [3.63, 3.8) is 0 Å². The second-order valence-corrected chi connectivity index (χ2v) is 16.1. The van der Waals surface area contributed by atoms with Crippen LogP contribution in [0.3, 0.4) is 0 Å². The Bertz CT molecular complexity index is 1480. The molecule has 0 N–H and O–H groups in total. The summed E-state index contributed by atoms with van der Waals surface area (Å²) in [6.07, 6.45) is 4.60. The Balaban J connectivity index is 0.000000158. The molecule has 2 bridgehead atoms. The quantitative estimate of drug-likeness (QED) is 0.298. The maximum atomic E-state index is 2.51. The minimum Gasteiger partial charge on any atom is -1.00 e. The predicted molar refractivity (Wildman–Crippen MR) is 139 cm³/mol. The van der Waals surface area contributed by atoms with Crippen molar-refractivity contribution in [2.45, 2.75) is 36.1 Å². The summed E-state index contributed by atoms with van der Waals surface area (Å²) in [6, 6.07) is 26.2. The Labute approximate surface area is 237 Å². The molecule has 4 aromatic rings. The van der Waals surface area contributed by atoms with Crippen LogP contribution in [0.1, 0.15) is 45.4 Å². The molecule has 35 heavy (non-hydrogen) atoms. The third-order valence-corrected chi connectivity index (χ3v) is 13.8. The first-order chi connectivity index (χ1) is 15.9. The van der Waals surface area contributed by atoms with Gasteiger partial charge >= 0.3 is 105 Å². The van der Waals surface area contributed by atoms with E-state index in [0.29, 0.717) is 3.63 Å². The van der Waals surface area contributed by atoms with E-state index in [1.807, 2.05) is 0 Å². The van der Waals surface area contributed by atoms with Crippen LogP contribution >= 0.6 is 0 Å². The van der Waals surface area contributed by atoms with Crippen LogP contribution in [0, 0.1) is 0 Å². The van der Waals surface area contributed by atoms with Gasteiger partial charge < -0.3 is 29.4 Å². The molecule has 0 fully saturated rings. The van der Waals surface area contributed by atoms with Crippen LogP contribution in [0.4, 0.5) is 0 Å². The summed E-state index contributed by atoms with van der Waals surface area (Å²) in [7, 11) is -1.17. The summed E-state index contributed by atoms with van der Waals surface area (Å²) in [5, 5.41) is 4.46. The minimum absolute atomic E-state index is 0. The van der Waals surface area contributed by atoms with Crippen LogP contribution < -0.4 is 24.8 Å². The predicted octanol–water partition coefficient (Wildman–Crippen LogP) is 2.00. The Hall–Kier alpha value is -1.64. The van der Waals surface area contributed by atoms with Gasteiger partial charge in [-0.3, -0.25) is 0 Å². The normalized spacial score (nSPS) is 20.0. The zero-order valence-corrected chi connectivity index (χ0v) is 25.4. The Morgan fingerprint density at radius 1 is 0.800 bits per heavy atom. The Morgan fingerprint density at radius 3 is 2.20 bits per heavy atom. The van der Waals surface area contributed by atoms with Gasteiger partial charge in [-0.1, -0.05) is 36.9 Å². The fourth-order valence-corrected chi connectivity index (χ4v) is 11.6. The van der Waals surface area contributed by atoms with E-state index in [4.69, 9.17) is 0 Å². The first-order valence-corrected chi connectivity index (χ1v) is 16.3. The first-order valence-electron chi connectivity index (χ1n) is 11.8. The summed E-state index contributed by atoms with van der Waals surface area (Å²) in [4.78, 5) is 0. The molecular formula is C30H28Cl2NSiZr. The van der Waals surface area contributed by atoms with Gasteiger partial charge in [0.05, 0.1) is 8.07 Å². The molecule has 175 valence electrons. The minimum atomic E-state index is -1.17. The van der Waals surface area contributed by atoms with Gasteiger partial charge in [0.25, 0.3) is 0 Å². The van der Waals surface area contributed by atoms with Crippen molar-refractivity contribution in [1.82, 2.24) is 4.57 Å². The number of nitrogens with zero attached hydrogens (tertiary/aromatic N) is 1. The second-order valence-electron chi connectivity index (χ2n) is 10.1. The van der Waals surface area contributed by atoms with Crippen LogP contribution in [0.5, 0.6) is 0 Å². The fourth-order valence-electron chi connectivity index (χ4n) is 6.40. The Kier molecular flexibility index (Phi) is 7.30. The molecule has 0 spiro atoms. The third-order valence-electron chi connectivity index (χ3n) is 7.84. The number of benzene rings is 3. The summed E-state index contributed by atoms with van der Waals surface area (Å²) in [5.41, 5.74) is 11.3. The van der Waals surface area contributed by atoms with Crippen LogP contribution in [-0.4, -0.2) is 12.6 Å². The van der Waals surface area contributed by atoms with Gasteiger partial charge in [-0.15, -0.1) is 0 Å². The van der Waals surface area contributed by atoms with E-state index in [2.05, 4.69) is 117 Å². The monoisotopic (exact) mass is 590 g/mol. The summed E-state index contributed by atoms with van der Waals surface area (Å²) < 4.78 is 3.06. The zero-order valence-electron chi connectivity index (χ0n) is 20.4. The molecule has 0 saturated carbocycles. The van der Waals surface area contributed by atoms with Crippen molar-refractivity contribution in [3.05, 3.63) is 113 Å². The molecule has 0 amide bonds. The van der Waals surface area contributed by atoms with Crippen molar-refractivity contribution in [3.8, 4) is 5.69 Å². The first kappa shape index (κ1) is 26.4. The SMILES string of the molecule is CC1=C2c3c(ccn3-c3ccccc3)C1[Si]2(C)C.CC1=Cc2c(ccc3ccccc23)[CH]1[Zr+2].[Cl-].[Cl-]. The molecule has 4 aliphatic rings. The topological polar surface area (TPSA) is 4.93 Å². The molecule has 2 aliphatic heterocycles. The standard InChI is InChI=1S/C16H17NSi.C14H11.2ClH.Zr/c1-11-15-13-9-10-17(12-7-5-4-6-8-12)14(13)16(11)18(15,2)3;1-10-8-12-7-6-11-4-2-3-5-13(11)14(12)9-10;;;/h4-10,15H,1-3H3;2-9H,1H3;2*1H;/q;;;;+2/p-2. The number of halogens is 2. The summed E-state index contributed by atoms with van der Waals surface area (Å²) >= 11 is 1.60. The van der Waals surface area contributed by atoms with Crippen molar-refractivity contribution < 1.29 is 49.5 Å². The molecule has 2 atom stereocenters. The van der Waals surface area contributed by atoms with Crippen molar-refractivity contribution in [2.24, 2.45) is 0 Å². The maximum Gasteiger partial charge on any atom is -1.00 e. The van der Waals surface area contributed by atoms with Gasteiger partial charge in [0, 0.05) is 23.1 Å². The fraction of sp³-hybridized carbons (Fsp3) is 0.200. The van der Waals surface area contributed by atoms with Gasteiger partial charge in [-0.2, -0.15) is 0 Å². The van der Waals surface area contributed by atoms with Gasteiger partial charge in [0.2, 0.25) is 0 Å². The number of rotatable bonds is 1. The second kappa shape index (κ2) is 9.67. The molecular weight excluding hydrogens is 565 g/mol. The van der Waals surface area contributed by atoms with Crippen LogP contribution in [0.15, 0.2) is 90.1 Å². The van der Waals surface area contributed by atoms with E-state index in [1.54, 1.807) is 41.1 Å². The number of allylic oxidation sites excluding steroid dienone is 2. The van der Waals surface area contributed by atoms with E-state index >= 15 is 0 Å². The molecule has 3 heterocycles. The van der Waals surface area contributed by atoms with Crippen LogP contribution in [0.2, 0.25) is 13.1 Å². The summed E-state index contributed by atoms with van der Waals surface area (Å²) in [6.45, 7) is 9.59. The Morgan fingerprint density at radius 2 is 1.49 bits per heavy atom. The van der Waals surface area contributed by atoms with E-state index < -0.39 is 8.07 Å². The van der Waals surface area contributed by atoms with E-state index in [1.165, 1.54) is 38.9 Å². The molecule has 0 radical (unpaired) electrons. The van der Waals surface area contributed by atoms with Crippen molar-refractivity contribution in [2.75, 3.05) is 0 Å². The number of aromatic nitrogens is 1. The molecule has 1 nitrogen and oxygen atoms in total. The smallest absolute Gasteiger partial charge is 1.00 e. The van der Waals surface area contributed by atoms with Gasteiger partial charge in [-0.25, -0.2) is 0 Å². The molecule has 5 heteroatoms. The zero-order chi connectivity index (χ0) is 22.9. The summed E-state index contributed by atoms with van der Waals surface area (Å²) in [5.74, 6) is 0. The largest absolute Gasteiger partial charge is 1.00 e. The maximum absolute atomic E-state index is 2.51. The average molecular weight is 593 g/mol. The van der Waals surface area contributed by atoms with Crippen molar-refractivity contribution in [1.29, 1.82) is 0 Å². The van der Waals surface area contributed by atoms with E-state index in [-0.39, 0.29) is 24.8 Å². The van der Waals surface area contributed by atoms with Gasteiger partial charge in [0.15, 0.2) is 0 Å². The molecule has 3 aromatic carbocycles. The van der Waals surface area contributed by atoms with Gasteiger partial charge in [0.1, 0.15) is 0 Å². The number of hydrogen-bond donors (Lipinski definition) is 0. The molecule has 2 aliphatic carbocycles. The molecule has 1 aromatic heterocycles. The average Bonchev–Trinajstić information content (AvgIpc) is 3.51. The van der Waals surface area contributed by atoms with Crippen LogP contribution in [-0.2, 0) is 24.7 Å². The molecule has 0 saturated heterocycles. The van der Waals surface area contributed by atoms with E-state index in [0.717, 1.165) is 5.54 Å². The van der Waals surface area contributed by atoms with Gasteiger partial charge in [-0.05, 0) is 35.9 Å². The third kappa shape index (κ3) is 3.91.